The monoisotopic (exact) mass is 233 g/mol. The Kier molecular flexibility index (Phi) is 3.37. The predicted molar refractivity (Wildman–Crippen MR) is 64.1 cm³/mol. The number of carbonyl (C=O) groups excluding carboxylic acids is 2. The van der Waals surface area contributed by atoms with E-state index in [0.29, 0.717) is 18.7 Å². The maximum Gasteiger partial charge on any atom is 0.239 e. The molecule has 1 aromatic rings. The normalized spacial score (nSPS) is 16.3. The summed E-state index contributed by atoms with van der Waals surface area (Å²) in [5.74, 6) is 0.754. The van der Waals surface area contributed by atoms with E-state index in [1.165, 1.54) is 6.92 Å². The Balaban J connectivity index is 2.15. The predicted octanol–water partition coefficient (Wildman–Crippen LogP) is 0.610. The van der Waals surface area contributed by atoms with Crippen molar-refractivity contribution >= 4 is 17.5 Å². The molecule has 2 rings (SSSR count). The van der Waals surface area contributed by atoms with Gasteiger partial charge in [-0.1, -0.05) is 0 Å². The number of aromatic nitrogens is 1. The number of Topliss-reactive ketones (excluding diaryl/α,β-unsaturated/α-hetero) is 1. The van der Waals surface area contributed by atoms with Crippen molar-refractivity contribution in [2.45, 2.75) is 13.3 Å². The summed E-state index contributed by atoms with van der Waals surface area (Å²) in [6.07, 6.45) is 2.46. The van der Waals surface area contributed by atoms with Gasteiger partial charge in [0.25, 0.3) is 0 Å². The van der Waals surface area contributed by atoms with Crippen LogP contribution >= 0.6 is 0 Å². The highest BCUT2D eigenvalue weighted by molar-refractivity contribution is 5.93. The minimum atomic E-state index is -0.00217. The molecule has 0 atom stereocenters. The first kappa shape index (κ1) is 11.6. The molecule has 1 amide bonds. The van der Waals surface area contributed by atoms with Gasteiger partial charge in [0.05, 0.1) is 6.54 Å². The van der Waals surface area contributed by atoms with Gasteiger partial charge in [-0.05, 0) is 25.5 Å². The Bertz CT molecular complexity index is 428. The van der Waals surface area contributed by atoms with Gasteiger partial charge in [0.15, 0.2) is 5.78 Å². The lowest BCUT2D eigenvalue weighted by Crippen LogP contribution is -2.33. The topological polar surface area (TPSA) is 62.3 Å². The lowest BCUT2D eigenvalue weighted by Gasteiger charge is -2.19. The fourth-order valence-electron chi connectivity index (χ4n) is 1.78. The minimum Gasteiger partial charge on any atom is -0.354 e. The van der Waals surface area contributed by atoms with Gasteiger partial charge in [-0.25, -0.2) is 4.98 Å². The van der Waals surface area contributed by atoms with Crippen LogP contribution in [0.3, 0.4) is 0 Å². The molecule has 0 saturated carbocycles. The highest BCUT2D eigenvalue weighted by Gasteiger charge is 2.15. The molecule has 5 heteroatoms. The Morgan fingerprint density at radius 2 is 2.29 bits per heavy atom. The van der Waals surface area contributed by atoms with Crippen molar-refractivity contribution < 1.29 is 9.59 Å². The lowest BCUT2D eigenvalue weighted by molar-refractivity contribution is -0.119. The van der Waals surface area contributed by atoms with Gasteiger partial charge < -0.3 is 10.2 Å². The molecular formula is C12H15N3O2. The third-order valence-electron chi connectivity index (χ3n) is 2.74. The van der Waals surface area contributed by atoms with Crippen LogP contribution in [-0.2, 0) is 4.79 Å². The van der Waals surface area contributed by atoms with Crippen molar-refractivity contribution in [2.75, 3.05) is 24.5 Å². The zero-order valence-corrected chi connectivity index (χ0v) is 9.77. The summed E-state index contributed by atoms with van der Waals surface area (Å²) in [5, 5.41) is 2.81. The maximum absolute atomic E-state index is 11.4. The molecule has 0 aliphatic carbocycles. The van der Waals surface area contributed by atoms with Crippen LogP contribution in [-0.4, -0.2) is 36.3 Å². The van der Waals surface area contributed by atoms with E-state index in [4.69, 9.17) is 0 Å². The standard InChI is InChI=1S/C12H15N3O2/c1-9(16)10-3-4-11(14-7-10)15-6-2-5-13-12(17)8-15/h3-4,7H,2,5-6,8H2,1H3,(H,13,17). The quantitative estimate of drug-likeness (QED) is 0.760. The van der Waals surface area contributed by atoms with E-state index in [0.717, 1.165) is 18.8 Å². The second kappa shape index (κ2) is 4.95. The number of hydrogen-bond acceptors (Lipinski definition) is 4. The third-order valence-corrected chi connectivity index (χ3v) is 2.74. The Morgan fingerprint density at radius 1 is 1.47 bits per heavy atom. The van der Waals surface area contributed by atoms with Crippen LogP contribution in [0.5, 0.6) is 0 Å². The zero-order valence-electron chi connectivity index (χ0n) is 9.77. The number of nitrogens with one attached hydrogen (secondary N) is 1. The summed E-state index contributed by atoms with van der Waals surface area (Å²) in [7, 11) is 0. The second-order valence-corrected chi connectivity index (χ2v) is 4.09. The molecule has 2 heterocycles. The number of ketones is 1. The average molecular weight is 233 g/mol. The van der Waals surface area contributed by atoms with E-state index in [1.54, 1.807) is 18.3 Å². The van der Waals surface area contributed by atoms with E-state index >= 15 is 0 Å². The van der Waals surface area contributed by atoms with Crippen LogP contribution in [0.15, 0.2) is 18.3 Å². The molecule has 5 nitrogen and oxygen atoms in total. The van der Waals surface area contributed by atoms with Crippen molar-refractivity contribution in [3.05, 3.63) is 23.9 Å². The van der Waals surface area contributed by atoms with Gasteiger partial charge in [-0.2, -0.15) is 0 Å². The van der Waals surface area contributed by atoms with E-state index < -0.39 is 0 Å². The van der Waals surface area contributed by atoms with E-state index in [2.05, 4.69) is 10.3 Å². The van der Waals surface area contributed by atoms with Gasteiger partial charge in [0, 0.05) is 24.8 Å². The maximum atomic E-state index is 11.4. The first-order valence-corrected chi connectivity index (χ1v) is 5.65. The lowest BCUT2D eigenvalue weighted by atomic mass is 10.2. The molecule has 0 aromatic carbocycles. The van der Waals surface area contributed by atoms with Crippen LogP contribution in [0.1, 0.15) is 23.7 Å². The number of anilines is 1. The molecule has 0 spiro atoms. The van der Waals surface area contributed by atoms with Gasteiger partial charge in [0.2, 0.25) is 5.91 Å². The van der Waals surface area contributed by atoms with Crippen molar-refractivity contribution in [1.29, 1.82) is 0 Å². The van der Waals surface area contributed by atoms with Crippen LogP contribution in [0.2, 0.25) is 0 Å². The highest BCUT2D eigenvalue weighted by Crippen LogP contribution is 2.13. The molecule has 1 saturated heterocycles. The number of hydrogen-bond donors (Lipinski definition) is 1. The summed E-state index contributed by atoms with van der Waals surface area (Å²) in [4.78, 5) is 28.7. The van der Waals surface area contributed by atoms with E-state index in [-0.39, 0.29) is 11.7 Å². The first-order chi connectivity index (χ1) is 8.16. The summed E-state index contributed by atoms with van der Waals surface area (Å²) in [5.41, 5.74) is 0.591. The van der Waals surface area contributed by atoms with Gasteiger partial charge in [-0.15, -0.1) is 0 Å². The van der Waals surface area contributed by atoms with Crippen LogP contribution in [0.25, 0.3) is 0 Å². The highest BCUT2D eigenvalue weighted by atomic mass is 16.2. The molecule has 17 heavy (non-hydrogen) atoms. The van der Waals surface area contributed by atoms with Gasteiger partial charge in [-0.3, -0.25) is 9.59 Å². The summed E-state index contributed by atoms with van der Waals surface area (Å²) < 4.78 is 0. The minimum absolute atomic E-state index is 0.00217. The van der Waals surface area contributed by atoms with Crippen LogP contribution < -0.4 is 10.2 Å². The summed E-state index contributed by atoms with van der Waals surface area (Å²) >= 11 is 0. The number of rotatable bonds is 2. The first-order valence-electron chi connectivity index (χ1n) is 5.65. The van der Waals surface area contributed by atoms with Crippen molar-refractivity contribution in [3.8, 4) is 0 Å². The Morgan fingerprint density at radius 3 is 2.94 bits per heavy atom. The molecule has 0 unspecified atom stereocenters. The third kappa shape index (κ3) is 2.81. The molecule has 90 valence electrons. The average Bonchev–Trinajstić information content (AvgIpc) is 2.54. The van der Waals surface area contributed by atoms with Crippen molar-refractivity contribution in [3.63, 3.8) is 0 Å². The van der Waals surface area contributed by atoms with Gasteiger partial charge >= 0.3 is 0 Å². The molecule has 0 bridgehead atoms. The van der Waals surface area contributed by atoms with E-state index in [1.807, 2.05) is 4.90 Å². The van der Waals surface area contributed by atoms with Crippen molar-refractivity contribution in [1.82, 2.24) is 10.3 Å². The zero-order chi connectivity index (χ0) is 12.3. The second-order valence-electron chi connectivity index (χ2n) is 4.09. The van der Waals surface area contributed by atoms with Crippen molar-refractivity contribution in [2.24, 2.45) is 0 Å². The fourth-order valence-corrected chi connectivity index (χ4v) is 1.78. The smallest absolute Gasteiger partial charge is 0.239 e. The molecule has 1 aliphatic heterocycles. The van der Waals surface area contributed by atoms with E-state index in [9.17, 15) is 9.59 Å². The summed E-state index contributed by atoms with van der Waals surface area (Å²) in [6.45, 7) is 3.34. The molecule has 1 aliphatic rings. The van der Waals surface area contributed by atoms with Crippen LogP contribution in [0.4, 0.5) is 5.82 Å². The number of amides is 1. The van der Waals surface area contributed by atoms with Crippen LogP contribution in [0, 0.1) is 0 Å². The number of nitrogens with zero attached hydrogens (tertiary/aromatic N) is 2. The Labute approximate surface area is 99.8 Å². The number of pyridine rings is 1. The van der Waals surface area contributed by atoms with Gasteiger partial charge in [0.1, 0.15) is 5.82 Å². The molecular weight excluding hydrogens is 218 g/mol. The molecule has 1 fully saturated rings. The SMILES string of the molecule is CC(=O)c1ccc(N2CCCNC(=O)C2)nc1. The largest absolute Gasteiger partial charge is 0.354 e. The fraction of sp³-hybridized carbons (Fsp3) is 0.417. The molecule has 1 N–H and O–H groups in total. The molecule has 1 aromatic heterocycles. The number of carbonyl (C=O) groups is 2. The Hall–Kier alpha value is -1.91. The summed E-state index contributed by atoms with van der Waals surface area (Å²) in [6, 6.07) is 3.53. The molecule has 0 radical (unpaired) electrons.